The summed E-state index contributed by atoms with van der Waals surface area (Å²) in [4.78, 5) is 26.9. The molecule has 3 rings (SSSR count). The van der Waals surface area contributed by atoms with Crippen LogP contribution in [0.15, 0.2) is 18.5 Å². The van der Waals surface area contributed by atoms with Crippen LogP contribution in [0.1, 0.15) is 24.3 Å². The lowest BCUT2D eigenvalue weighted by molar-refractivity contribution is -0.134. The standard InChI is InChI=1S/C11H11N5O2/c12-8-3-6(4-9-13-5-14-16(8)9)7-1-2-10(17)15-11(7)18/h3-5,7H,1-2,12H2,(H,15,17,18). The van der Waals surface area contributed by atoms with Gasteiger partial charge in [0.25, 0.3) is 0 Å². The number of rotatable bonds is 1. The van der Waals surface area contributed by atoms with E-state index in [0.29, 0.717) is 24.3 Å². The summed E-state index contributed by atoms with van der Waals surface area (Å²) in [6.07, 6.45) is 2.24. The molecular weight excluding hydrogens is 234 g/mol. The van der Waals surface area contributed by atoms with Crippen molar-refractivity contribution in [2.75, 3.05) is 5.73 Å². The van der Waals surface area contributed by atoms with E-state index in [-0.39, 0.29) is 17.7 Å². The lowest BCUT2D eigenvalue weighted by atomic mass is 9.91. The van der Waals surface area contributed by atoms with Gasteiger partial charge in [-0.05, 0) is 24.1 Å². The van der Waals surface area contributed by atoms with E-state index < -0.39 is 0 Å². The number of pyridine rings is 1. The van der Waals surface area contributed by atoms with E-state index in [2.05, 4.69) is 15.4 Å². The topological polar surface area (TPSA) is 102 Å². The van der Waals surface area contributed by atoms with Gasteiger partial charge in [0.2, 0.25) is 11.8 Å². The van der Waals surface area contributed by atoms with Crippen molar-refractivity contribution in [3.63, 3.8) is 0 Å². The second-order valence-corrected chi connectivity index (χ2v) is 4.25. The van der Waals surface area contributed by atoms with E-state index in [0.717, 1.165) is 5.56 Å². The minimum absolute atomic E-state index is 0.229. The molecule has 1 aliphatic heterocycles. The molecule has 0 radical (unpaired) electrons. The second kappa shape index (κ2) is 3.80. The molecule has 0 aromatic carbocycles. The predicted octanol–water partition coefficient (Wildman–Crippen LogP) is -0.168. The number of nitrogens with one attached hydrogen (secondary N) is 1. The Balaban J connectivity index is 2.03. The summed E-state index contributed by atoms with van der Waals surface area (Å²) in [5.41, 5.74) is 7.20. The third-order valence-corrected chi connectivity index (χ3v) is 3.07. The van der Waals surface area contributed by atoms with Crippen molar-refractivity contribution in [1.82, 2.24) is 19.9 Å². The first-order valence-corrected chi connectivity index (χ1v) is 5.58. The summed E-state index contributed by atoms with van der Waals surface area (Å²) in [7, 11) is 0. The highest BCUT2D eigenvalue weighted by Crippen LogP contribution is 2.26. The first kappa shape index (κ1) is 10.7. The first-order chi connectivity index (χ1) is 8.65. The van der Waals surface area contributed by atoms with Gasteiger partial charge in [-0.3, -0.25) is 14.9 Å². The largest absolute Gasteiger partial charge is 0.384 e. The van der Waals surface area contributed by atoms with E-state index in [1.165, 1.54) is 10.8 Å². The lowest BCUT2D eigenvalue weighted by Crippen LogP contribution is -2.39. The summed E-state index contributed by atoms with van der Waals surface area (Å²) in [6, 6.07) is 3.46. The van der Waals surface area contributed by atoms with Gasteiger partial charge >= 0.3 is 0 Å². The van der Waals surface area contributed by atoms with Crippen LogP contribution < -0.4 is 11.1 Å². The normalized spacial score (nSPS) is 20.1. The van der Waals surface area contributed by atoms with Crippen molar-refractivity contribution in [3.8, 4) is 0 Å². The van der Waals surface area contributed by atoms with Crippen LogP contribution in [0.2, 0.25) is 0 Å². The summed E-state index contributed by atoms with van der Waals surface area (Å²) in [5, 5.41) is 6.29. The predicted molar refractivity (Wildman–Crippen MR) is 62.5 cm³/mol. The second-order valence-electron chi connectivity index (χ2n) is 4.25. The Morgan fingerprint density at radius 2 is 2.22 bits per heavy atom. The SMILES string of the molecule is Nc1cc(C2CCC(=O)NC2=O)cc2ncnn12. The van der Waals surface area contributed by atoms with Gasteiger partial charge in [-0.2, -0.15) is 9.61 Å². The van der Waals surface area contributed by atoms with Crippen LogP contribution in [0.25, 0.3) is 5.65 Å². The fraction of sp³-hybridized carbons (Fsp3) is 0.273. The van der Waals surface area contributed by atoms with Gasteiger partial charge in [0.05, 0.1) is 5.92 Å². The molecule has 1 saturated heterocycles. The quantitative estimate of drug-likeness (QED) is 0.679. The zero-order valence-corrected chi connectivity index (χ0v) is 9.46. The summed E-state index contributed by atoms with van der Waals surface area (Å²) < 4.78 is 1.50. The number of aromatic nitrogens is 3. The summed E-state index contributed by atoms with van der Waals surface area (Å²) in [6.45, 7) is 0. The average Bonchev–Trinajstić information content (AvgIpc) is 2.77. The Morgan fingerprint density at radius 3 is 3.00 bits per heavy atom. The number of carbonyl (C=O) groups is 2. The fourth-order valence-electron chi connectivity index (χ4n) is 2.18. The fourth-order valence-corrected chi connectivity index (χ4v) is 2.18. The molecule has 0 aliphatic carbocycles. The number of hydrogen-bond acceptors (Lipinski definition) is 5. The Hall–Kier alpha value is -2.44. The molecule has 7 nitrogen and oxygen atoms in total. The zero-order chi connectivity index (χ0) is 12.7. The van der Waals surface area contributed by atoms with E-state index in [4.69, 9.17) is 5.73 Å². The van der Waals surface area contributed by atoms with Crippen molar-refractivity contribution in [2.45, 2.75) is 18.8 Å². The van der Waals surface area contributed by atoms with Gasteiger partial charge < -0.3 is 5.73 Å². The lowest BCUT2D eigenvalue weighted by Gasteiger charge is -2.21. The van der Waals surface area contributed by atoms with Crippen molar-refractivity contribution < 1.29 is 9.59 Å². The Morgan fingerprint density at radius 1 is 1.39 bits per heavy atom. The number of piperidine rings is 1. The molecule has 0 bridgehead atoms. The average molecular weight is 245 g/mol. The highest BCUT2D eigenvalue weighted by molar-refractivity contribution is 6.01. The Bertz CT molecular complexity index is 648. The highest BCUT2D eigenvalue weighted by atomic mass is 16.2. The molecule has 1 atom stereocenters. The van der Waals surface area contributed by atoms with Crippen LogP contribution in [0.5, 0.6) is 0 Å². The molecular formula is C11H11N5O2. The molecule has 2 aromatic heterocycles. The van der Waals surface area contributed by atoms with Gasteiger partial charge in [0.15, 0.2) is 5.65 Å². The Kier molecular flexibility index (Phi) is 2.26. The third-order valence-electron chi connectivity index (χ3n) is 3.07. The van der Waals surface area contributed by atoms with Gasteiger partial charge in [0.1, 0.15) is 12.1 Å². The summed E-state index contributed by atoms with van der Waals surface area (Å²) >= 11 is 0. The maximum absolute atomic E-state index is 11.8. The molecule has 1 aliphatic rings. The number of amides is 2. The van der Waals surface area contributed by atoms with E-state index >= 15 is 0 Å². The van der Waals surface area contributed by atoms with Crippen LogP contribution in [0.4, 0.5) is 5.82 Å². The van der Waals surface area contributed by atoms with Gasteiger partial charge in [-0.15, -0.1) is 0 Å². The van der Waals surface area contributed by atoms with Crippen molar-refractivity contribution in [3.05, 3.63) is 24.0 Å². The molecule has 0 spiro atoms. The van der Waals surface area contributed by atoms with Crippen molar-refractivity contribution in [2.24, 2.45) is 0 Å². The smallest absolute Gasteiger partial charge is 0.234 e. The van der Waals surface area contributed by atoms with Crippen LogP contribution >= 0.6 is 0 Å². The van der Waals surface area contributed by atoms with Crippen LogP contribution in [0.3, 0.4) is 0 Å². The van der Waals surface area contributed by atoms with Crippen LogP contribution in [-0.2, 0) is 9.59 Å². The van der Waals surface area contributed by atoms with Crippen molar-refractivity contribution in [1.29, 1.82) is 0 Å². The molecule has 3 N–H and O–H groups in total. The molecule has 2 aromatic rings. The molecule has 18 heavy (non-hydrogen) atoms. The van der Waals surface area contributed by atoms with Crippen LogP contribution in [0, 0.1) is 0 Å². The van der Waals surface area contributed by atoms with Gasteiger partial charge in [0, 0.05) is 6.42 Å². The van der Waals surface area contributed by atoms with Crippen molar-refractivity contribution >= 4 is 23.3 Å². The number of nitrogen functional groups attached to an aromatic ring is 1. The minimum Gasteiger partial charge on any atom is -0.384 e. The molecule has 1 fully saturated rings. The number of imide groups is 1. The van der Waals surface area contributed by atoms with E-state index in [9.17, 15) is 9.59 Å². The number of nitrogens with two attached hydrogens (primary N) is 1. The number of hydrogen-bond donors (Lipinski definition) is 2. The molecule has 1 unspecified atom stereocenters. The number of nitrogens with zero attached hydrogens (tertiary/aromatic N) is 3. The number of carbonyl (C=O) groups excluding carboxylic acids is 2. The number of anilines is 1. The molecule has 2 amide bonds. The maximum Gasteiger partial charge on any atom is 0.234 e. The third kappa shape index (κ3) is 1.60. The monoisotopic (exact) mass is 245 g/mol. The summed E-state index contributed by atoms with van der Waals surface area (Å²) in [5.74, 6) is -0.446. The van der Waals surface area contributed by atoms with Gasteiger partial charge in [-0.25, -0.2) is 4.98 Å². The Labute approximate surface area is 102 Å². The van der Waals surface area contributed by atoms with Gasteiger partial charge in [-0.1, -0.05) is 0 Å². The minimum atomic E-state index is -0.355. The van der Waals surface area contributed by atoms with Crippen LogP contribution in [-0.4, -0.2) is 26.4 Å². The highest BCUT2D eigenvalue weighted by Gasteiger charge is 2.28. The molecule has 0 saturated carbocycles. The molecule has 7 heteroatoms. The molecule has 3 heterocycles. The maximum atomic E-state index is 11.8. The van der Waals surface area contributed by atoms with E-state index in [1.807, 2.05) is 0 Å². The number of fused-ring (bicyclic) bond motifs is 1. The first-order valence-electron chi connectivity index (χ1n) is 5.58. The zero-order valence-electron chi connectivity index (χ0n) is 9.46. The van der Waals surface area contributed by atoms with E-state index in [1.54, 1.807) is 12.1 Å². The molecule has 92 valence electrons.